The maximum Gasteiger partial charge on any atom is 0.251 e. The summed E-state index contributed by atoms with van der Waals surface area (Å²) in [5.74, 6) is 0.899. The SMILES string of the molecule is COc1ccc(C(=O)NCc2cc(C)ncn2)cc1OC. The number of ether oxygens (including phenoxy) is 2. The van der Waals surface area contributed by atoms with E-state index in [1.165, 1.54) is 13.4 Å². The second-order valence-corrected chi connectivity index (χ2v) is 4.40. The molecular weight excluding hydrogens is 270 g/mol. The molecule has 1 heterocycles. The minimum absolute atomic E-state index is 0.202. The number of rotatable bonds is 5. The van der Waals surface area contributed by atoms with Crippen LogP contribution in [0, 0.1) is 6.92 Å². The Morgan fingerprint density at radius 2 is 1.90 bits per heavy atom. The lowest BCUT2D eigenvalue weighted by Crippen LogP contribution is -2.23. The molecule has 1 aromatic carbocycles. The molecule has 0 radical (unpaired) electrons. The number of nitrogens with zero attached hydrogens (tertiary/aromatic N) is 2. The summed E-state index contributed by atoms with van der Waals surface area (Å²) in [5.41, 5.74) is 2.12. The average Bonchev–Trinajstić information content (AvgIpc) is 2.52. The summed E-state index contributed by atoms with van der Waals surface area (Å²) in [6, 6.07) is 6.85. The molecule has 0 aliphatic rings. The topological polar surface area (TPSA) is 73.3 Å². The first-order chi connectivity index (χ1) is 10.1. The summed E-state index contributed by atoms with van der Waals surface area (Å²) in [5, 5.41) is 2.81. The van der Waals surface area contributed by atoms with Crippen LogP contribution in [0.3, 0.4) is 0 Å². The molecule has 6 nitrogen and oxygen atoms in total. The van der Waals surface area contributed by atoms with Crippen molar-refractivity contribution in [2.75, 3.05) is 14.2 Å². The van der Waals surface area contributed by atoms with Gasteiger partial charge in [-0.1, -0.05) is 0 Å². The van der Waals surface area contributed by atoms with Gasteiger partial charge in [0.1, 0.15) is 6.33 Å². The van der Waals surface area contributed by atoms with E-state index in [9.17, 15) is 4.79 Å². The number of nitrogens with one attached hydrogen (secondary N) is 1. The van der Waals surface area contributed by atoms with Crippen LogP contribution in [0.15, 0.2) is 30.6 Å². The van der Waals surface area contributed by atoms with Gasteiger partial charge in [-0.2, -0.15) is 0 Å². The number of hydrogen-bond acceptors (Lipinski definition) is 5. The third kappa shape index (κ3) is 3.68. The molecule has 0 unspecified atom stereocenters. The third-order valence-electron chi connectivity index (χ3n) is 2.94. The Balaban J connectivity index is 2.06. The van der Waals surface area contributed by atoms with Crippen molar-refractivity contribution in [2.45, 2.75) is 13.5 Å². The summed E-state index contributed by atoms with van der Waals surface area (Å²) in [4.78, 5) is 20.2. The maximum atomic E-state index is 12.1. The summed E-state index contributed by atoms with van der Waals surface area (Å²) in [6.45, 7) is 2.22. The molecule has 0 fully saturated rings. The van der Waals surface area contributed by atoms with Gasteiger partial charge in [-0.15, -0.1) is 0 Å². The molecule has 2 aromatic rings. The molecule has 0 spiro atoms. The van der Waals surface area contributed by atoms with E-state index in [0.717, 1.165) is 11.4 Å². The van der Waals surface area contributed by atoms with E-state index >= 15 is 0 Å². The van der Waals surface area contributed by atoms with Gasteiger partial charge >= 0.3 is 0 Å². The van der Waals surface area contributed by atoms with Crippen molar-refractivity contribution in [3.63, 3.8) is 0 Å². The summed E-state index contributed by atoms with van der Waals surface area (Å²) in [7, 11) is 3.08. The highest BCUT2D eigenvalue weighted by molar-refractivity contribution is 5.94. The van der Waals surface area contributed by atoms with Crippen LogP contribution in [0.4, 0.5) is 0 Å². The van der Waals surface area contributed by atoms with Gasteiger partial charge in [-0.05, 0) is 31.2 Å². The van der Waals surface area contributed by atoms with Crippen LogP contribution in [0.5, 0.6) is 11.5 Å². The third-order valence-corrected chi connectivity index (χ3v) is 2.94. The molecule has 0 aliphatic carbocycles. The zero-order valence-corrected chi connectivity index (χ0v) is 12.2. The van der Waals surface area contributed by atoms with Crippen molar-refractivity contribution in [3.05, 3.63) is 47.5 Å². The first-order valence-corrected chi connectivity index (χ1v) is 6.41. The van der Waals surface area contributed by atoms with Crippen molar-refractivity contribution in [2.24, 2.45) is 0 Å². The average molecular weight is 287 g/mol. The van der Waals surface area contributed by atoms with Crippen LogP contribution >= 0.6 is 0 Å². The molecular formula is C15H17N3O3. The predicted octanol–water partition coefficient (Wildman–Crippen LogP) is 1.73. The molecule has 1 amide bonds. The largest absolute Gasteiger partial charge is 0.493 e. The van der Waals surface area contributed by atoms with Crippen molar-refractivity contribution < 1.29 is 14.3 Å². The second-order valence-electron chi connectivity index (χ2n) is 4.40. The van der Waals surface area contributed by atoms with Gasteiger partial charge in [0.05, 0.1) is 26.5 Å². The van der Waals surface area contributed by atoms with Crippen LogP contribution in [-0.4, -0.2) is 30.1 Å². The van der Waals surface area contributed by atoms with Crippen molar-refractivity contribution in [1.82, 2.24) is 15.3 Å². The monoisotopic (exact) mass is 287 g/mol. The van der Waals surface area contributed by atoms with Crippen LogP contribution in [0.2, 0.25) is 0 Å². The summed E-state index contributed by atoms with van der Waals surface area (Å²) < 4.78 is 10.3. The highest BCUT2D eigenvalue weighted by atomic mass is 16.5. The highest BCUT2D eigenvalue weighted by Gasteiger charge is 2.10. The van der Waals surface area contributed by atoms with E-state index < -0.39 is 0 Å². The zero-order chi connectivity index (χ0) is 15.2. The van der Waals surface area contributed by atoms with Gasteiger partial charge in [-0.25, -0.2) is 9.97 Å². The molecule has 110 valence electrons. The number of carbonyl (C=O) groups excluding carboxylic acids is 1. The molecule has 0 atom stereocenters. The van der Waals surface area contributed by atoms with E-state index in [-0.39, 0.29) is 5.91 Å². The number of aryl methyl sites for hydroxylation is 1. The Morgan fingerprint density at radius 3 is 2.57 bits per heavy atom. The number of benzene rings is 1. The lowest BCUT2D eigenvalue weighted by Gasteiger charge is -2.10. The quantitative estimate of drug-likeness (QED) is 0.906. The minimum Gasteiger partial charge on any atom is -0.493 e. The van der Waals surface area contributed by atoms with Gasteiger partial charge in [0.15, 0.2) is 11.5 Å². The minimum atomic E-state index is -0.202. The fraction of sp³-hybridized carbons (Fsp3) is 0.267. The van der Waals surface area contributed by atoms with Crippen molar-refractivity contribution in [3.8, 4) is 11.5 Å². The molecule has 1 N–H and O–H groups in total. The molecule has 0 bridgehead atoms. The van der Waals surface area contributed by atoms with Crippen molar-refractivity contribution in [1.29, 1.82) is 0 Å². The van der Waals surface area contributed by atoms with E-state index in [1.807, 2.05) is 13.0 Å². The fourth-order valence-corrected chi connectivity index (χ4v) is 1.86. The van der Waals surface area contributed by atoms with Gasteiger partial charge in [0.2, 0.25) is 0 Å². The second kappa shape index (κ2) is 6.69. The van der Waals surface area contributed by atoms with E-state index in [4.69, 9.17) is 9.47 Å². The van der Waals surface area contributed by atoms with E-state index in [0.29, 0.717) is 23.6 Å². The maximum absolute atomic E-state index is 12.1. The van der Waals surface area contributed by atoms with Crippen LogP contribution in [-0.2, 0) is 6.54 Å². The predicted molar refractivity (Wildman–Crippen MR) is 77.5 cm³/mol. The van der Waals surface area contributed by atoms with Crippen LogP contribution < -0.4 is 14.8 Å². The first-order valence-electron chi connectivity index (χ1n) is 6.41. The molecule has 21 heavy (non-hydrogen) atoms. The van der Waals surface area contributed by atoms with E-state index in [2.05, 4.69) is 15.3 Å². The lowest BCUT2D eigenvalue weighted by atomic mass is 10.2. The van der Waals surface area contributed by atoms with Gasteiger partial charge in [-0.3, -0.25) is 4.79 Å². The number of amides is 1. The Kier molecular flexibility index (Phi) is 4.71. The van der Waals surface area contributed by atoms with Crippen molar-refractivity contribution >= 4 is 5.91 Å². The van der Waals surface area contributed by atoms with Crippen LogP contribution in [0.1, 0.15) is 21.7 Å². The summed E-state index contributed by atoms with van der Waals surface area (Å²) >= 11 is 0. The standard InChI is InChI=1S/C15H17N3O3/c1-10-6-12(18-9-17-10)8-16-15(19)11-4-5-13(20-2)14(7-11)21-3/h4-7,9H,8H2,1-3H3,(H,16,19). The van der Waals surface area contributed by atoms with Gasteiger partial charge in [0.25, 0.3) is 5.91 Å². The molecule has 0 saturated heterocycles. The fourth-order valence-electron chi connectivity index (χ4n) is 1.86. The molecule has 0 saturated carbocycles. The molecule has 0 aliphatic heterocycles. The number of carbonyl (C=O) groups is 1. The van der Waals surface area contributed by atoms with E-state index in [1.54, 1.807) is 25.3 Å². The Bertz CT molecular complexity index is 644. The lowest BCUT2D eigenvalue weighted by molar-refractivity contribution is 0.0950. The molecule has 2 rings (SSSR count). The number of methoxy groups -OCH3 is 2. The highest BCUT2D eigenvalue weighted by Crippen LogP contribution is 2.27. The summed E-state index contributed by atoms with van der Waals surface area (Å²) in [6.07, 6.45) is 1.48. The Hall–Kier alpha value is -2.63. The number of aromatic nitrogens is 2. The molecule has 6 heteroatoms. The normalized spacial score (nSPS) is 10.0. The number of hydrogen-bond donors (Lipinski definition) is 1. The van der Waals surface area contributed by atoms with Gasteiger partial charge in [0, 0.05) is 11.3 Å². The Labute approximate surface area is 123 Å². The van der Waals surface area contributed by atoms with Crippen LogP contribution in [0.25, 0.3) is 0 Å². The smallest absolute Gasteiger partial charge is 0.251 e. The zero-order valence-electron chi connectivity index (χ0n) is 12.2. The molecule has 1 aromatic heterocycles. The first kappa shape index (κ1) is 14.8. The Morgan fingerprint density at radius 1 is 1.14 bits per heavy atom. The van der Waals surface area contributed by atoms with Gasteiger partial charge < -0.3 is 14.8 Å².